The molecule has 2 N–H and O–H groups in total. The van der Waals surface area contributed by atoms with E-state index in [1.807, 2.05) is 0 Å². The Labute approximate surface area is 182 Å². The van der Waals surface area contributed by atoms with Gasteiger partial charge in [0, 0.05) is 16.3 Å². The number of phenolic OH excluding ortho intramolecular Hbond substituents is 1. The van der Waals surface area contributed by atoms with Gasteiger partial charge in [0.25, 0.3) is 11.7 Å². The van der Waals surface area contributed by atoms with Crippen LogP contribution in [0.25, 0.3) is 5.76 Å². The third kappa shape index (κ3) is 3.66. The minimum Gasteiger partial charge on any atom is -0.508 e. The number of anilines is 1. The monoisotopic (exact) mass is 437 g/mol. The van der Waals surface area contributed by atoms with Gasteiger partial charge in [-0.05, 0) is 66.6 Å². The van der Waals surface area contributed by atoms with Gasteiger partial charge in [-0.3, -0.25) is 14.5 Å². The number of carbonyl (C=O) groups excluding carboxylic acids is 2. The lowest BCUT2D eigenvalue weighted by Crippen LogP contribution is -2.29. The van der Waals surface area contributed by atoms with Crippen molar-refractivity contribution in [1.29, 1.82) is 0 Å². The number of hydrogen-bond donors (Lipinski definition) is 2. The molecule has 1 atom stereocenters. The number of hydrogen-bond acceptors (Lipinski definition) is 4. The van der Waals surface area contributed by atoms with E-state index in [2.05, 4.69) is 0 Å². The summed E-state index contributed by atoms with van der Waals surface area (Å²) in [4.78, 5) is 27.3. The van der Waals surface area contributed by atoms with E-state index >= 15 is 0 Å². The molecule has 156 valence electrons. The van der Waals surface area contributed by atoms with Crippen molar-refractivity contribution in [1.82, 2.24) is 0 Å². The summed E-state index contributed by atoms with van der Waals surface area (Å²) in [7, 11) is 0. The predicted octanol–water partition coefficient (Wildman–Crippen LogP) is 5.12. The molecule has 0 spiro atoms. The van der Waals surface area contributed by atoms with Gasteiger partial charge in [-0.1, -0.05) is 29.8 Å². The summed E-state index contributed by atoms with van der Waals surface area (Å²) in [6.07, 6.45) is 0. The van der Waals surface area contributed by atoms with Crippen LogP contribution in [0.4, 0.5) is 10.1 Å². The number of Topliss-reactive ketones (excluding diaryl/α,β-unsaturated/α-hetero) is 1. The second-order valence-electron chi connectivity index (χ2n) is 7.21. The number of aryl methyl sites for hydroxylation is 1. The van der Waals surface area contributed by atoms with E-state index in [1.165, 1.54) is 48.2 Å². The Balaban J connectivity index is 1.97. The highest BCUT2D eigenvalue weighted by Crippen LogP contribution is 2.43. The number of ketones is 1. The summed E-state index contributed by atoms with van der Waals surface area (Å²) in [5.41, 5.74) is 1.09. The summed E-state index contributed by atoms with van der Waals surface area (Å²) >= 11 is 6.09. The fourth-order valence-corrected chi connectivity index (χ4v) is 3.87. The molecule has 0 aromatic heterocycles. The van der Waals surface area contributed by atoms with Gasteiger partial charge in [0.2, 0.25) is 0 Å². The molecular weight excluding hydrogens is 421 g/mol. The van der Waals surface area contributed by atoms with Crippen molar-refractivity contribution in [2.24, 2.45) is 0 Å². The maximum Gasteiger partial charge on any atom is 0.300 e. The number of amides is 1. The van der Waals surface area contributed by atoms with Crippen molar-refractivity contribution in [3.8, 4) is 5.75 Å². The van der Waals surface area contributed by atoms with E-state index in [0.29, 0.717) is 16.3 Å². The van der Waals surface area contributed by atoms with Crippen LogP contribution in [0.15, 0.2) is 72.3 Å². The Morgan fingerprint density at radius 3 is 2.45 bits per heavy atom. The summed E-state index contributed by atoms with van der Waals surface area (Å²) in [6.45, 7) is 1.53. The van der Waals surface area contributed by atoms with Crippen molar-refractivity contribution in [2.45, 2.75) is 13.0 Å². The largest absolute Gasteiger partial charge is 0.508 e. The number of halogens is 2. The molecule has 3 aromatic rings. The molecule has 1 unspecified atom stereocenters. The number of aliphatic hydroxyl groups is 1. The van der Waals surface area contributed by atoms with Crippen molar-refractivity contribution in [3.63, 3.8) is 0 Å². The van der Waals surface area contributed by atoms with Crippen LogP contribution in [-0.4, -0.2) is 21.9 Å². The highest BCUT2D eigenvalue weighted by molar-refractivity contribution is 6.51. The number of nitrogens with zero attached hydrogens (tertiary/aromatic N) is 1. The van der Waals surface area contributed by atoms with Crippen LogP contribution in [0.5, 0.6) is 5.75 Å². The van der Waals surface area contributed by atoms with E-state index < -0.39 is 29.3 Å². The van der Waals surface area contributed by atoms with Gasteiger partial charge in [-0.2, -0.15) is 0 Å². The van der Waals surface area contributed by atoms with Crippen LogP contribution in [0.1, 0.15) is 22.7 Å². The molecule has 0 radical (unpaired) electrons. The lowest BCUT2D eigenvalue weighted by molar-refractivity contribution is -0.132. The summed E-state index contributed by atoms with van der Waals surface area (Å²) < 4.78 is 13.7. The van der Waals surface area contributed by atoms with Gasteiger partial charge in [-0.25, -0.2) is 4.39 Å². The number of aromatic hydroxyl groups is 1. The lowest BCUT2D eigenvalue weighted by atomic mass is 9.94. The zero-order valence-corrected chi connectivity index (χ0v) is 17.1. The smallest absolute Gasteiger partial charge is 0.300 e. The van der Waals surface area contributed by atoms with Crippen molar-refractivity contribution < 1.29 is 24.2 Å². The molecule has 1 fully saturated rings. The third-order valence-corrected chi connectivity index (χ3v) is 5.38. The molecule has 5 nitrogen and oxygen atoms in total. The van der Waals surface area contributed by atoms with E-state index in [-0.39, 0.29) is 22.4 Å². The normalized spacial score (nSPS) is 17.9. The molecule has 31 heavy (non-hydrogen) atoms. The number of carbonyl (C=O) groups is 2. The molecule has 3 aromatic carbocycles. The fourth-order valence-electron chi connectivity index (χ4n) is 3.68. The summed E-state index contributed by atoms with van der Waals surface area (Å²) in [5, 5.41) is 21.4. The molecule has 0 saturated carbocycles. The minimum atomic E-state index is -1.02. The molecule has 0 bridgehead atoms. The quantitative estimate of drug-likeness (QED) is 0.338. The fraction of sp³-hybridized carbons (Fsp3) is 0.0833. The highest BCUT2D eigenvalue weighted by atomic mass is 35.5. The van der Waals surface area contributed by atoms with Crippen molar-refractivity contribution >= 4 is 34.7 Å². The average Bonchev–Trinajstić information content (AvgIpc) is 3.00. The molecule has 1 aliphatic heterocycles. The van der Waals surface area contributed by atoms with Gasteiger partial charge < -0.3 is 10.2 Å². The third-order valence-electron chi connectivity index (χ3n) is 5.15. The second-order valence-corrected chi connectivity index (χ2v) is 7.64. The van der Waals surface area contributed by atoms with E-state index in [1.54, 1.807) is 30.3 Å². The van der Waals surface area contributed by atoms with Gasteiger partial charge >= 0.3 is 0 Å². The Kier molecular flexibility index (Phi) is 5.25. The molecule has 1 aliphatic rings. The molecule has 4 rings (SSSR count). The first-order valence-corrected chi connectivity index (χ1v) is 9.77. The van der Waals surface area contributed by atoms with Gasteiger partial charge in [0.15, 0.2) is 0 Å². The Morgan fingerprint density at radius 2 is 1.77 bits per heavy atom. The topological polar surface area (TPSA) is 77.8 Å². The van der Waals surface area contributed by atoms with Crippen LogP contribution in [0.3, 0.4) is 0 Å². The maximum absolute atomic E-state index is 13.7. The Bertz CT molecular complexity index is 1250. The van der Waals surface area contributed by atoms with Crippen LogP contribution < -0.4 is 4.90 Å². The van der Waals surface area contributed by atoms with Crippen molar-refractivity contribution in [3.05, 3.63) is 99.8 Å². The summed E-state index contributed by atoms with van der Waals surface area (Å²) in [5.74, 6) is -2.70. The molecule has 0 aliphatic carbocycles. The number of benzene rings is 3. The number of aliphatic hydroxyl groups excluding tert-OH is 1. The first-order valence-electron chi connectivity index (χ1n) is 9.40. The van der Waals surface area contributed by atoms with E-state index in [0.717, 1.165) is 0 Å². The van der Waals surface area contributed by atoms with Crippen LogP contribution in [0.2, 0.25) is 5.02 Å². The minimum absolute atomic E-state index is 0.0631. The zero-order valence-electron chi connectivity index (χ0n) is 16.3. The van der Waals surface area contributed by atoms with Crippen LogP contribution >= 0.6 is 11.6 Å². The van der Waals surface area contributed by atoms with Gasteiger partial charge in [0.1, 0.15) is 17.3 Å². The van der Waals surface area contributed by atoms with Gasteiger partial charge in [-0.15, -0.1) is 0 Å². The lowest BCUT2D eigenvalue weighted by Gasteiger charge is -2.25. The predicted molar refractivity (Wildman–Crippen MR) is 115 cm³/mol. The first kappa shape index (κ1) is 20.6. The van der Waals surface area contributed by atoms with E-state index in [4.69, 9.17) is 11.6 Å². The molecule has 1 amide bonds. The Morgan fingerprint density at radius 1 is 1.03 bits per heavy atom. The molecular formula is C24H17ClFNO4. The second kappa shape index (κ2) is 7.89. The Hall–Kier alpha value is -3.64. The van der Waals surface area contributed by atoms with E-state index in [9.17, 15) is 24.2 Å². The average molecular weight is 438 g/mol. The molecule has 1 saturated heterocycles. The standard InChI is InChI=1S/C24H17ClFNO4/c1-13-10-15(8-9-19(13)26)22(29)20-21(14-4-2-7-18(28)11-14)27(24(31)23(20)30)17-6-3-5-16(25)12-17/h2-12,21,28-29H,1H3/b22-20+. The van der Waals surface area contributed by atoms with Crippen LogP contribution in [0, 0.1) is 12.7 Å². The van der Waals surface area contributed by atoms with Crippen molar-refractivity contribution in [2.75, 3.05) is 4.90 Å². The molecule has 7 heteroatoms. The maximum atomic E-state index is 13.7. The molecule has 1 heterocycles. The highest BCUT2D eigenvalue weighted by Gasteiger charge is 2.47. The van der Waals surface area contributed by atoms with Crippen LogP contribution in [-0.2, 0) is 9.59 Å². The SMILES string of the molecule is Cc1cc(/C(O)=C2\C(=O)C(=O)N(c3cccc(Cl)c3)C2c2cccc(O)c2)ccc1F. The van der Waals surface area contributed by atoms with Gasteiger partial charge in [0.05, 0.1) is 11.6 Å². The number of rotatable bonds is 3. The number of phenols is 1. The first-order chi connectivity index (χ1) is 14.8. The zero-order chi connectivity index (χ0) is 22.3. The summed E-state index contributed by atoms with van der Waals surface area (Å²) in [6, 6.07) is 15.4.